The minimum atomic E-state index is -4.04. The van der Waals surface area contributed by atoms with Crippen molar-refractivity contribution in [2.75, 3.05) is 18.5 Å². The van der Waals surface area contributed by atoms with Gasteiger partial charge in [-0.2, -0.15) is 0 Å². The van der Waals surface area contributed by atoms with Gasteiger partial charge in [0, 0.05) is 5.56 Å². The summed E-state index contributed by atoms with van der Waals surface area (Å²) >= 11 is 0. The standard InChI is InChI=1S/C22H22FNO4S/c1-16-8-13-20(14-21(16)23)29(25,26)24(18-9-11-19(27-2)12-10-18)15-17-6-4-5-7-22(17)28-3/h4-14H,15H2,1-3H3. The SMILES string of the molecule is COc1ccc(N(Cc2ccccc2OC)S(=O)(=O)c2ccc(C)c(F)c2)cc1. The summed E-state index contributed by atoms with van der Waals surface area (Å²) in [6.45, 7) is 1.61. The van der Waals surface area contributed by atoms with Gasteiger partial charge >= 0.3 is 0 Å². The number of halogens is 1. The maximum atomic E-state index is 14.1. The number of hydrogen-bond donors (Lipinski definition) is 0. The monoisotopic (exact) mass is 415 g/mol. The highest BCUT2D eigenvalue weighted by Crippen LogP contribution is 2.30. The van der Waals surface area contributed by atoms with Gasteiger partial charge in [-0.3, -0.25) is 4.31 Å². The summed E-state index contributed by atoms with van der Waals surface area (Å²) in [6, 6.07) is 17.7. The average molecular weight is 415 g/mol. The lowest BCUT2D eigenvalue weighted by Crippen LogP contribution is -2.30. The molecule has 152 valence electrons. The number of methoxy groups -OCH3 is 2. The molecule has 0 aliphatic rings. The lowest BCUT2D eigenvalue weighted by molar-refractivity contribution is 0.409. The van der Waals surface area contributed by atoms with Gasteiger partial charge in [-0.25, -0.2) is 12.8 Å². The average Bonchev–Trinajstić information content (AvgIpc) is 2.74. The highest BCUT2D eigenvalue weighted by Gasteiger charge is 2.27. The summed E-state index contributed by atoms with van der Waals surface area (Å²) in [6.07, 6.45) is 0. The van der Waals surface area contributed by atoms with E-state index in [1.165, 1.54) is 30.7 Å². The molecular formula is C22H22FNO4S. The third kappa shape index (κ3) is 4.35. The van der Waals surface area contributed by atoms with Crippen LogP contribution in [0.5, 0.6) is 11.5 Å². The van der Waals surface area contributed by atoms with Gasteiger partial charge in [0.1, 0.15) is 17.3 Å². The van der Waals surface area contributed by atoms with Crippen molar-refractivity contribution in [2.24, 2.45) is 0 Å². The van der Waals surface area contributed by atoms with Crippen molar-refractivity contribution < 1.29 is 22.3 Å². The molecule has 5 nitrogen and oxygen atoms in total. The van der Waals surface area contributed by atoms with Crippen LogP contribution < -0.4 is 13.8 Å². The lowest BCUT2D eigenvalue weighted by atomic mass is 10.2. The molecule has 0 unspecified atom stereocenters. The maximum absolute atomic E-state index is 14.1. The second kappa shape index (κ2) is 8.53. The Labute approximate surface area is 170 Å². The highest BCUT2D eigenvalue weighted by atomic mass is 32.2. The number of benzene rings is 3. The molecule has 0 saturated carbocycles. The molecule has 0 N–H and O–H groups in total. The van der Waals surface area contributed by atoms with E-state index in [2.05, 4.69) is 0 Å². The quantitative estimate of drug-likeness (QED) is 0.568. The van der Waals surface area contributed by atoms with Crippen LogP contribution in [0.3, 0.4) is 0 Å². The van der Waals surface area contributed by atoms with Gasteiger partial charge in [-0.15, -0.1) is 0 Å². The van der Waals surface area contributed by atoms with Gasteiger partial charge in [-0.1, -0.05) is 24.3 Å². The van der Waals surface area contributed by atoms with Crippen LogP contribution in [-0.4, -0.2) is 22.6 Å². The van der Waals surface area contributed by atoms with Crippen LogP contribution in [0.25, 0.3) is 0 Å². The van der Waals surface area contributed by atoms with Gasteiger partial charge in [0.2, 0.25) is 0 Å². The largest absolute Gasteiger partial charge is 0.497 e. The summed E-state index contributed by atoms with van der Waals surface area (Å²) in [5, 5.41) is 0. The third-order valence-corrected chi connectivity index (χ3v) is 6.37. The molecule has 0 bridgehead atoms. The molecule has 0 fully saturated rings. The smallest absolute Gasteiger partial charge is 0.264 e. The van der Waals surface area contributed by atoms with E-state index in [9.17, 15) is 12.8 Å². The third-order valence-electron chi connectivity index (χ3n) is 4.60. The van der Waals surface area contributed by atoms with Crippen molar-refractivity contribution >= 4 is 15.7 Å². The Balaban J connectivity index is 2.11. The van der Waals surface area contributed by atoms with E-state index in [-0.39, 0.29) is 11.4 Å². The van der Waals surface area contributed by atoms with Crippen LogP contribution in [0.15, 0.2) is 71.6 Å². The highest BCUT2D eigenvalue weighted by molar-refractivity contribution is 7.92. The number of rotatable bonds is 7. The van der Waals surface area contributed by atoms with Crippen molar-refractivity contribution in [3.63, 3.8) is 0 Å². The Kier molecular flexibility index (Phi) is 6.08. The molecule has 0 amide bonds. The molecular weight excluding hydrogens is 393 g/mol. The fourth-order valence-corrected chi connectivity index (χ4v) is 4.37. The maximum Gasteiger partial charge on any atom is 0.264 e. The minimum absolute atomic E-state index is 0.0220. The molecule has 0 aliphatic carbocycles. The Bertz CT molecular complexity index is 1100. The van der Waals surface area contributed by atoms with Gasteiger partial charge in [0.05, 0.1) is 31.3 Å². The fourth-order valence-electron chi connectivity index (χ4n) is 2.91. The van der Waals surface area contributed by atoms with Crippen molar-refractivity contribution in [1.29, 1.82) is 0 Å². The Morgan fingerprint density at radius 3 is 2.24 bits per heavy atom. The number of sulfonamides is 1. The van der Waals surface area contributed by atoms with Crippen molar-refractivity contribution in [3.05, 3.63) is 83.7 Å². The summed E-state index contributed by atoms with van der Waals surface area (Å²) in [5.41, 5.74) is 1.49. The second-order valence-electron chi connectivity index (χ2n) is 6.43. The van der Waals surface area contributed by atoms with Crippen LogP contribution in [0, 0.1) is 12.7 Å². The first-order chi connectivity index (χ1) is 13.9. The van der Waals surface area contributed by atoms with Crippen LogP contribution >= 0.6 is 0 Å². The first-order valence-corrected chi connectivity index (χ1v) is 10.4. The van der Waals surface area contributed by atoms with Crippen LogP contribution in [-0.2, 0) is 16.6 Å². The van der Waals surface area contributed by atoms with E-state index in [0.29, 0.717) is 28.3 Å². The first kappa shape index (κ1) is 20.7. The zero-order chi connectivity index (χ0) is 21.0. The number of para-hydroxylation sites is 1. The van der Waals surface area contributed by atoms with E-state index in [0.717, 1.165) is 6.07 Å². The predicted octanol–water partition coefficient (Wildman–Crippen LogP) is 4.55. The van der Waals surface area contributed by atoms with Gasteiger partial charge in [0.25, 0.3) is 10.0 Å². The molecule has 7 heteroatoms. The molecule has 0 atom stereocenters. The lowest BCUT2D eigenvalue weighted by Gasteiger charge is -2.25. The molecule has 3 aromatic carbocycles. The fraction of sp³-hybridized carbons (Fsp3) is 0.182. The normalized spacial score (nSPS) is 11.2. The molecule has 0 radical (unpaired) electrons. The molecule has 0 spiro atoms. The Hall–Kier alpha value is -3.06. The second-order valence-corrected chi connectivity index (χ2v) is 8.29. The minimum Gasteiger partial charge on any atom is -0.497 e. The van der Waals surface area contributed by atoms with Crippen LogP contribution in [0.1, 0.15) is 11.1 Å². The summed E-state index contributed by atoms with van der Waals surface area (Å²) < 4.78 is 52.8. The number of ether oxygens (including phenoxy) is 2. The van der Waals surface area contributed by atoms with Crippen molar-refractivity contribution in [1.82, 2.24) is 0 Å². The number of anilines is 1. The molecule has 3 aromatic rings. The Morgan fingerprint density at radius 1 is 0.931 bits per heavy atom. The topological polar surface area (TPSA) is 55.8 Å². The van der Waals surface area contributed by atoms with Crippen LogP contribution in [0.2, 0.25) is 0 Å². The zero-order valence-corrected chi connectivity index (χ0v) is 17.2. The summed E-state index contributed by atoms with van der Waals surface area (Å²) in [4.78, 5) is -0.119. The van der Waals surface area contributed by atoms with E-state index >= 15 is 0 Å². The van der Waals surface area contributed by atoms with E-state index in [1.807, 2.05) is 12.1 Å². The molecule has 0 aromatic heterocycles. The van der Waals surface area contributed by atoms with E-state index in [4.69, 9.17) is 9.47 Å². The summed E-state index contributed by atoms with van der Waals surface area (Å²) in [5.74, 6) is 0.596. The number of aryl methyl sites for hydroxylation is 1. The Morgan fingerprint density at radius 2 is 1.62 bits per heavy atom. The number of hydrogen-bond acceptors (Lipinski definition) is 4. The van der Waals surface area contributed by atoms with Gasteiger partial charge in [-0.05, 0) is 55.0 Å². The molecule has 0 saturated heterocycles. The van der Waals surface area contributed by atoms with Gasteiger partial charge < -0.3 is 9.47 Å². The van der Waals surface area contributed by atoms with E-state index < -0.39 is 15.8 Å². The van der Waals surface area contributed by atoms with Crippen molar-refractivity contribution in [3.8, 4) is 11.5 Å². The molecule has 0 aliphatic heterocycles. The van der Waals surface area contributed by atoms with Crippen molar-refractivity contribution in [2.45, 2.75) is 18.4 Å². The van der Waals surface area contributed by atoms with Gasteiger partial charge in [0.15, 0.2) is 0 Å². The summed E-state index contributed by atoms with van der Waals surface area (Å²) in [7, 11) is -0.976. The number of nitrogens with zero attached hydrogens (tertiary/aromatic N) is 1. The molecule has 0 heterocycles. The predicted molar refractivity (Wildman–Crippen MR) is 110 cm³/mol. The first-order valence-electron chi connectivity index (χ1n) is 8.91. The zero-order valence-electron chi connectivity index (χ0n) is 16.4. The molecule has 3 rings (SSSR count). The molecule has 29 heavy (non-hydrogen) atoms. The van der Waals surface area contributed by atoms with E-state index in [1.54, 1.807) is 43.3 Å². The van der Waals surface area contributed by atoms with Crippen LogP contribution in [0.4, 0.5) is 10.1 Å².